The van der Waals surface area contributed by atoms with Gasteiger partial charge in [-0.1, -0.05) is 11.6 Å². The molecule has 1 aliphatic heterocycles. The Hall–Kier alpha value is -2.03. The zero-order valence-corrected chi connectivity index (χ0v) is 19.4. The van der Waals surface area contributed by atoms with Gasteiger partial charge in [0, 0.05) is 37.6 Å². The van der Waals surface area contributed by atoms with E-state index in [4.69, 9.17) is 4.98 Å². The molecule has 7 nitrogen and oxygen atoms in total. The lowest BCUT2D eigenvalue weighted by Gasteiger charge is -2.33. The van der Waals surface area contributed by atoms with Crippen molar-refractivity contribution in [1.29, 1.82) is 0 Å². The molecular weight excluding hydrogens is 410 g/mol. The van der Waals surface area contributed by atoms with Gasteiger partial charge in [0.05, 0.1) is 18.5 Å². The van der Waals surface area contributed by atoms with Gasteiger partial charge in [0.1, 0.15) is 10.7 Å². The fourth-order valence-corrected chi connectivity index (χ4v) is 5.49. The summed E-state index contributed by atoms with van der Waals surface area (Å²) in [7, 11) is 0. The summed E-state index contributed by atoms with van der Waals surface area (Å²) in [6.45, 7) is 9.28. The number of H-pyrrole nitrogens is 1. The van der Waals surface area contributed by atoms with Crippen molar-refractivity contribution in [1.82, 2.24) is 25.1 Å². The van der Waals surface area contributed by atoms with Gasteiger partial charge < -0.3 is 10.3 Å². The quantitative estimate of drug-likeness (QED) is 0.643. The molecule has 1 aliphatic carbocycles. The second-order valence-electron chi connectivity index (χ2n) is 8.74. The van der Waals surface area contributed by atoms with Crippen LogP contribution in [0.2, 0.25) is 0 Å². The average molecular weight is 444 g/mol. The minimum Gasteiger partial charge on any atom is -0.355 e. The number of aromatic amines is 1. The Morgan fingerprint density at radius 1 is 1.19 bits per heavy atom. The van der Waals surface area contributed by atoms with E-state index in [1.807, 2.05) is 13.8 Å². The van der Waals surface area contributed by atoms with Gasteiger partial charge in [-0.05, 0) is 51.5 Å². The topological polar surface area (TPSA) is 81.3 Å². The van der Waals surface area contributed by atoms with Crippen LogP contribution in [0.5, 0.6) is 0 Å². The van der Waals surface area contributed by atoms with Crippen LogP contribution in [0.1, 0.15) is 48.4 Å². The standard InChI is InChI=1S/C23H33N5O2S/c1-16-17(2)31-23-21(16)22(30)25-19(26-23)14-27-10-12-28(13-11-27)15-20(29)24-9-8-18-6-4-3-5-7-18/h6H,3-5,7-15H2,1-2H3,(H,24,29)(H,25,26,30). The van der Waals surface area contributed by atoms with Gasteiger partial charge in [-0.3, -0.25) is 19.4 Å². The van der Waals surface area contributed by atoms with Gasteiger partial charge in [0.25, 0.3) is 5.56 Å². The Morgan fingerprint density at radius 2 is 1.97 bits per heavy atom. The number of fused-ring (bicyclic) bond motifs is 1. The van der Waals surface area contributed by atoms with E-state index in [1.54, 1.807) is 11.3 Å². The molecule has 0 atom stereocenters. The fraction of sp³-hybridized carbons (Fsp3) is 0.609. The first-order valence-electron chi connectivity index (χ1n) is 11.4. The van der Waals surface area contributed by atoms with E-state index in [9.17, 15) is 9.59 Å². The molecule has 2 aromatic rings. The summed E-state index contributed by atoms with van der Waals surface area (Å²) >= 11 is 1.59. The summed E-state index contributed by atoms with van der Waals surface area (Å²) in [6.07, 6.45) is 8.30. The SMILES string of the molecule is Cc1sc2nc(CN3CCN(CC(=O)NCCC4=CCCCC4)CC3)[nH]c(=O)c2c1C. The van der Waals surface area contributed by atoms with Crippen molar-refractivity contribution in [3.05, 3.63) is 38.3 Å². The highest BCUT2D eigenvalue weighted by Crippen LogP contribution is 2.25. The van der Waals surface area contributed by atoms with E-state index < -0.39 is 0 Å². The van der Waals surface area contributed by atoms with Crippen molar-refractivity contribution in [2.75, 3.05) is 39.3 Å². The molecule has 2 aliphatic rings. The predicted molar refractivity (Wildman–Crippen MR) is 126 cm³/mol. The van der Waals surface area contributed by atoms with Crippen LogP contribution in [0, 0.1) is 13.8 Å². The highest BCUT2D eigenvalue weighted by atomic mass is 32.1. The normalized spacial score (nSPS) is 18.3. The first kappa shape index (κ1) is 22.2. The maximum Gasteiger partial charge on any atom is 0.259 e. The molecule has 31 heavy (non-hydrogen) atoms. The number of carbonyl (C=O) groups excluding carboxylic acids is 1. The lowest BCUT2D eigenvalue weighted by atomic mass is 9.97. The van der Waals surface area contributed by atoms with Crippen molar-refractivity contribution >= 4 is 27.5 Å². The van der Waals surface area contributed by atoms with Crippen molar-refractivity contribution in [2.45, 2.75) is 52.5 Å². The molecule has 2 aromatic heterocycles. The van der Waals surface area contributed by atoms with Crippen LogP contribution in [0.25, 0.3) is 10.2 Å². The third kappa shape index (κ3) is 5.61. The molecule has 2 N–H and O–H groups in total. The number of piperazine rings is 1. The summed E-state index contributed by atoms with van der Waals surface area (Å²) in [6, 6.07) is 0. The smallest absolute Gasteiger partial charge is 0.259 e. The summed E-state index contributed by atoms with van der Waals surface area (Å²) in [4.78, 5) is 38.9. The molecule has 3 heterocycles. The van der Waals surface area contributed by atoms with Gasteiger partial charge in [-0.15, -0.1) is 11.3 Å². The Bertz CT molecular complexity index is 1020. The van der Waals surface area contributed by atoms with Gasteiger partial charge >= 0.3 is 0 Å². The maximum atomic E-state index is 12.5. The molecule has 1 fully saturated rings. The third-order valence-electron chi connectivity index (χ3n) is 6.45. The monoisotopic (exact) mass is 443 g/mol. The van der Waals surface area contributed by atoms with Crippen LogP contribution in [-0.2, 0) is 11.3 Å². The summed E-state index contributed by atoms with van der Waals surface area (Å²) < 4.78 is 0. The Morgan fingerprint density at radius 3 is 2.71 bits per heavy atom. The zero-order valence-electron chi connectivity index (χ0n) is 18.6. The second-order valence-corrected chi connectivity index (χ2v) is 9.94. The largest absolute Gasteiger partial charge is 0.355 e. The van der Waals surface area contributed by atoms with Crippen LogP contribution in [0.4, 0.5) is 0 Å². The number of aryl methyl sites for hydroxylation is 2. The van der Waals surface area contributed by atoms with Crippen molar-refractivity contribution in [3.8, 4) is 0 Å². The molecule has 1 saturated heterocycles. The van der Waals surface area contributed by atoms with Gasteiger partial charge in [-0.2, -0.15) is 0 Å². The van der Waals surface area contributed by atoms with Crippen LogP contribution in [0.3, 0.4) is 0 Å². The summed E-state index contributed by atoms with van der Waals surface area (Å²) in [5.74, 6) is 0.840. The first-order valence-corrected chi connectivity index (χ1v) is 12.2. The number of hydrogen-bond donors (Lipinski definition) is 2. The molecule has 0 aromatic carbocycles. The van der Waals surface area contributed by atoms with E-state index in [0.29, 0.717) is 13.1 Å². The number of rotatable bonds is 7. The number of nitrogens with one attached hydrogen (secondary N) is 2. The average Bonchev–Trinajstić information content (AvgIpc) is 3.04. The maximum absolute atomic E-state index is 12.5. The van der Waals surface area contributed by atoms with Gasteiger partial charge in [0.2, 0.25) is 5.91 Å². The number of carbonyl (C=O) groups is 1. The molecular formula is C23H33N5O2S. The number of allylic oxidation sites excluding steroid dienone is 1. The minimum absolute atomic E-state index is 0.0406. The van der Waals surface area contributed by atoms with Crippen LogP contribution < -0.4 is 10.9 Å². The van der Waals surface area contributed by atoms with Crippen LogP contribution >= 0.6 is 11.3 Å². The van der Waals surface area contributed by atoms with E-state index in [2.05, 4.69) is 26.2 Å². The molecule has 1 amide bonds. The minimum atomic E-state index is -0.0406. The number of aromatic nitrogens is 2. The second kappa shape index (κ2) is 10.1. The highest BCUT2D eigenvalue weighted by Gasteiger charge is 2.20. The molecule has 0 radical (unpaired) electrons. The molecule has 168 valence electrons. The summed E-state index contributed by atoms with van der Waals surface area (Å²) in [5.41, 5.74) is 2.49. The molecule has 4 rings (SSSR count). The Kier molecular flexibility index (Phi) is 7.20. The van der Waals surface area contributed by atoms with Crippen molar-refractivity contribution < 1.29 is 4.79 Å². The van der Waals surface area contributed by atoms with E-state index in [0.717, 1.165) is 65.6 Å². The van der Waals surface area contributed by atoms with Crippen LogP contribution in [-0.4, -0.2) is 64.9 Å². The van der Waals surface area contributed by atoms with E-state index >= 15 is 0 Å². The number of nitrogens with zero attached hydrogens (tertiary/aromatic N) is 3. The lowest BCUT2D eigenvalue weighted by molar-refractivity contribution is -0.122. The van der Waals surface area contributed by atoms with E-state index in [-0.39, 0.29) is 11.5 Å². The molecule has 8 heteroatoms. The molecule has 0 spiro atoms. The van der Waals surface area contributed by atoms with Gasteiger partial charge in [0.15, 0.2) is 0 Å². The number of hydrogen-bond acceptors (Lipinski definition) is 6. The first-order chi connectivity index (χ1) is 15.0. The summed E-state index contributed by atoms with van der Waals surface area (Å²) in [5, 5.41) is 3.80. The van der Waals surface area contributed by atoms with E-state index in [1.165, 1.54) is 31.3 Å². The Labute approximate surface area is 187 Å². The number of amides is 1. The number of thiophene rings is 1. The fourth-order valence-electron chi connectivity index (χ4n) is 4.44. The molecule has 0 bridgehead atoms. The highest BCUT2D eigenvalue weighted by molar-refractivity contribution is 7.18. The zero-order chi connectivity index (χ0) is 21.8. The van der Waals surface area contributed by atoms with Crippen molar-refractivity contribution in [3.63, 3.8) is 0 Å². The lowest BCUT2D eigenvalue weighted by Crippen LogP contribution is -2.49. The third-order valence-corrected chi connectivity index (χ3v) is 7.55. The van der Waals surface area contributed by atoms with Crippen LogP contribution in [0.15, 0.2) is 16.4 Å². The van der Waals surface area contributed by atoms with Crippen molar-refractivity contribution in [2.24, 2.45) is 0 Å². The van der Waals surface area contributed by atoms with Gasteiger partial charge in [-0.25, -0.2) is 4.98 Å². The predicted octanol–water partition coefficient (Wildman–Crippen LogP) is 2.73. The Balaban J connectivity index is 1.22. The molecule has 0 saturated carbocycles. The molecule has 0 unspecified atom stereocenters.